The van der Waals surface area contributed by atoms with Gasteiger partial charge in [-0.05, 0) is 31.8 Å². The summed E-state index contributed by atoms with van der Waals surface area (Å²) in [4.78, 5) is 0. The molecule has 76 valence electrons. The van der Waals surface area contributed by atoms with Crippen LogP contribution in [0, 0.1) is 6.92 Å². The summed E-state index contributed by atoms with van der Waals surface area (Å²) in [6.45, 7) is 8.46. The summed E-state index contributed by atoms with van der Waals surface area (Å²) in [5.41, 5.74) is 3.79. The molecule has 1 saturated carbocycles. The Bertz CT molecular complexity index is 345. The molecule has 0 spiro atoms. The lowest BCUT2D eigenvalue weighted by Gasteiger charge is -2.04. The van der Waals surface area contributed by atoms with Crippen molar-refractivity contribution in [3.05, 3.63) is 24.0 Å². The quantitative estimate of drug-likeness (QED) is 0.712. The van der Waals surface area contributed by atoms with Crippen LogP contribution in [-0.2, 0) is 0 Å². The number of nitrogens with zero attached hydrogens (tertiary/aromatic N) is 2. The van der Waals surface area contributed by atoms with Crippen LogP contribution in [0.15, 0.2) is 12.8 Å². The monoisotopic (exact) mass is 190 g/mol. The SMILES string of the molecule is C=C(CCC)c1cnn(C2CC2)c1C. The first-order valence-electron chi connectivity index (χ1n) is 5.46. The van der Waals surface area contributed by atoms with Gasteiger partial charge in [0.25, 0.3) is 0 Å². The minimum Gasteiger partial charge on any atom is -0.266 e. The first-order valence-corrected chi connectivity index (χ1v) is 5.46. The third kappa shape index (κ3) is 1.61. The molecule has 0 aliphatic heterocycles. The Balaban J connectivity index is 2.21. The van der Waals surface area contributed by atoms with Gasteiger partial charge in [0.15, 0.2) is 0 Å². The summed E-state index contributed by atoms with van der Waals surface area (Å²) < 4.78 is 2.16. The minimum absolute atomic E-state index is 0.679. The van der Waals surface area contributed by atoms with Gasteiger partial charge < -0.3 is 0 Å². The zero-order valence-electron chi connectivity index (χ0n) is 9.08. The molecule has 0 amide bonds. The molecular formula is C12H18N2. The van der Waals surface area contributed by atoms with Crippen LogP contribution in [0.25, 0.3) is 5.57 Å². The first-order chi connectivity index (χ1) is 6.74. The molecule has 0 bridgehead atoms. The van der Waals surface area contributed by atoms with Crippen molar-refractivity contribution in [3.8, 4) is 0 Å². The van der Waals surface area contributed by atoms with E-state index in [0.29, 0.717) is 6.04 Å². The molecular weight excluding hydrogens is 172 g/mol. The van der Waals surface area contributed by atoms with Crippen molar-refractivity contribution in [1.29, 1.82) is 0 Å². The summed E-state index contributed by atoms with van der Waals surface area (Å²) in [5, 5.41) is 4.44. The molecule has 0 saturated heterocycles. The number of allylic oxidation sites excluding steroid dienone is 1. The highest BCUT2D eigenvalue weighted by molar-refractivity contribution is 5.64. The molecule has 1 fully saturated rings. The van der Waals surface area contributed by atoms with E-state index < -0.39 is 0 Å². The van der Waals surface area contributed by atoms with Crippen molar-refractivity contribution < 1.29 is 0 Å². The van der Waals surface area contributed by atoms with Gasteiger partial charge in [0.1, 0.15) is 0 Å². The maximum absolute atomic E-state index is 4.44. The summed E-state index contributed by atoms with van der Waals surface area (Å²) in [5.74, 6) is 0. The van der Waals surface area contributed by atoms with E-state index in [1.54, 1.807) is 0 Å². The van der Waals surface area contributed by atoms with Gasteiger partial charge >= 0.3 is 0 Å². The van der Waals surface area contributed by atoms with Crippen molar-refractivity contribution in [2.75, 3.05) is 0 Å². The molecule has 2 nitrogen and oxygen atoms in total. The van der Waals surface area contributed by atoms with E-state index in [4.69, 9.17) is 0 Å². The van der Waals surface area contributed by atoms with E-state index in [2.05, 4.69) is 30.2 Å². The normalized spacial score (nSPS) is 15.9. The molecule has 1 aliphatic rings. The van der Waals surface area contributed by atoms with E-state index in [1.165, 1.54) is 29.7 Å². The summed E-state index contributed by atoms with van der Waals surface area (Å²) in [7, 11) is 0. The zero-order chi connectivity index (χ0) is 10.1. The van der Waals surface area contributed by atoms with E-state index in [9.17, 15) is 0 Å². The topological polar surface area (TPSA) is 17.8 Å². The van der Waals surface area contributed by atoms with E-state index in [-0.39, 0.29) is 0 Å². The molecule has 14 heavy (non-hydrogen) atoms. The van der Waals surface area contributed by atoms with Crippen molar-refractivity contribution in [1.82, 2.24) is 9.78 Å². The van der Waals surface area contributed by atoms with Gasteiger partial charge in [0.05, 0.1) is 12.2 Å². The largest absolute Gasteiger partial charge is 0.266 e. The second kappa shape index (κ2) is 3.60. The van der Waals surface area contributed by atoms with Gasteiger partial charge in [-0.3, -0.25) is 4.68 Å². The first kappa shape index (κ1) is 9.50. The van der Waals surface area contributed by atoms with Crippen LogP contribution in [-0.4, -0.2) is 9.78 Å². The molecule has 1 aliphatic carbocycles. The van der Waals surface area contributed by atoms with Gasteiger partial charge in [-0.1, -0.05) is 19.9 Å². The Morgan fingerprint density at radius 2 is 2.36 bits per heavy atom. The number of hydrogen-bond donors (Lipinski definition) is 0. The average Bonchev–Trinajstić information content (AvgIpc) is 2.91. The van der Waals surface area contributed by atoms with Gasteiger partial charge in [-0.15, -0.1) is 0 Å². The predicted molar refractivity (Wildman–Crippen MR) is 59.2 cm³/mol. The summed E-state index contributed by atoms with van der Waals surface area (Å²) in [6, 6.07) is 0.679. The number of rotatable bonds is 4. The highest BCUT2D eigenvalue weighted by Gasteiger charge is 2.26. The van der Waals surface area contributed by atoms with Crippen LogP contribution in [0.5, 0.6) is 0 Å². The predicted octanol–water partition coefficient (Wildman–Crippen LogP) is 3.34. The molecule has 0 aromatic carbocycles. The van der Waals surface area contributed by atoms with Crippen LogP contribution in [0.4, 0.5) is 0 Å². The second-order valence-corrected chi connectivity index (χ2v) is 4.17. The molecule has 0 unspecified atom stereocenters. The average molecular weight is 190 g/mol. The van der Waals surface area contributed by atoms with Crippen LogP contribution < -0.4 is 0 Å². The van der Waals surface area contributed by atoms with Gasteiger partial charge in [-0.25, -0.2) is 0 Å². The lowest BCUT2D eigenvalue weighted by Crippen LogP contribution is -1.98. The standard InChI is InChI=1S/C12H18N2/c1-4-5-9(2)12-8-13-14(10(12)3)11-6-7-11/h8,11H,2,4-7H2,1,3H3. The molecule has 0 N–H and O–H groups in total. The fraction of sp³-hybridized carbons (Fsp3) is 0.583. The third-order valence-corrected chi connectivity index (χ3v) is 2.87. The third-order valence-electron chi connectivity index (χ3n) is 2.87. The Labute approximate surface area is 85.6 Å². The smallest absolute Gasteiger partial charge is 0.0567 e. The van der Waals surface area contributed by atoms with Crippen molar-refractivity contribution in [3.63, 3.8) is 0 Å². The van der Waals surface area contributed by atoms with E-state index >= 15 is 0 Å². The van der Waals surface area contributed by atoms with Crippen molar-refractivity contribution in [2.45, 2.75) is 45.6 Å². The molecule has 1 aromatic heterocycles. The number of hydrogen-bond acceptors (Lipinski definition) is 1. The highest BCUT2D eigenvalue weighted by Crippen LogP contribution is 2.36. The molecule has 2 rings (SSSR count). The van der Waals surface area contributed by atoms with E-state index in [1.807, 2.05) is 6.20 Å². The molecule has 0 radical (unpaired) electrons. The van der Waals surface area contributed by atoms with Crippen LogP contribution >= 0.6 is 0 Å². The minimum atomic E-state index is 0.679. The summed E-state index contributed by atoms with van der Waals surface area (Å²) in [6.07, 6.45) is 6.81. The fourth-order valence-electron chi connectivity index (χ4n) is 1.89. The Hall–Kier alpha value is -1.05. The van der Waals surface area contributed by atoms with Crippen molar-refractivity contribution in [2.24, 2.45) is 0 Å². The summed E-state index contributed by atoms with van der Waals surface area (Å²) >= 11 is 0. The lowest BCUT2D eigenvalue weighted by atomic mass is 10.0. The maximum atomic E-state index is 4.44. The lowest BCUT2D eigenvalue weighted by molar-refractivity contribution is 0.622. The van der Waals surface area contributed by atoms with Crippen LogP contribution in [0.1, 0.15) is 49.9 Å². The molecule has 2 heteroatoms. The molecule has 0 atom stereocenters. The number of aromatic nitrogens is 2. The molecule has 1 heterocycles. The van der Waals surface area contributed by atoms with Gasteiger partial charge in [0.2, 0.25) is 0 Å². The van der Waals surface area contributed by atoms with Crippen molar-refractivity contribution >= 4 is 5.57 Å². The van der Waals surface area contributed by atoms with Crippen LogP contribution in [0.2, 0.25) is 0 Å². The highest BCUT2D eigenvalue weighted by atomic mass is 15.3. The zero-order valence-corrected chi connectivity index (χ0v) is 9.08. The Morgan fingerprint density at radius 3 is 2.93 bits per heavy atom. The Kier molecular flexibility index (Phi) is 2.44. The maximum Gasteiger partial charge on any atom is 0.0567 e. The molecule has 1 aromatic rings. The van der Waals surface area contributed by atoms with Gasteiger partial charge in [0, 0.05) is 11.3 Å². The second-order valence-electron chi connectivity index (χ2n) is 4.17. The fourth-order valence-corrected chi connectivity index (χ4v) is 1.89. The van der Waals surface area contributed by atoms with Gasteiger partial charge in [-0.2, -0.15) is 5.10 Å². The van der Waals surface area contributed by atoms with Crippen LogP contribution in [0.3, 0.4) is 0 Å². The van der Waals surface area contributed by atoms with E-state index in [0.717, 1.165) is 12.8 Å². The Morgan fingerprint density at radius 1 is 1.64 bits per heavy atom.